The maximum atomic E-state index is 9.23. The molecule has 0 saturated carbocycles. The average Bonchev–Trinajstić information content (AvgIpc) is 2.83. The number of rotatable bonds is 6. The fraction of sp³-hybridized carbons (Fsp3) is 0.235. The molecule has 0 unspecified atom stereocenters. The Morgan fingerprint density at radius 3 is 2.24 bits per heavy atom. The largest absolute Gasteiger partial charge is 1.00 e. The van der Waals surface area contributed by atoms with Crippen molar-refractivity contribution >= 4 is 34.2 Å². The number of ether oxygens (including phenoxy) is 1. The number of aliphatic hydroxyl groups excluding tert-OH is 1. The highest BCUT2D eigenvalue weighted by Crippen LogP contribution is 2.27. The van der Waals surface area contributed by atoms with E-state index in [2.05, 4.69) is 0 Å². The van der Waals surface area contributed by atoms with Crippen LogP contribution in [0, 0.1) is 5.41 Å². The van der Waals surface area contributed by atoms with Crippen molar-refractivity contribution in [2.75, 3.05) is 13.2 Å². The maximum absolute atomic E-state index is 9.23. The first kappa shape index (κ1) is 19.7. The summed E-state index contributed by atoms with van der Waals surface area (Å²) in [4.78, 5) is 0. The molecule has 0 amide bonds. The van der Waals surface area contributed by atoms with Crippen LogP contribution in [0.25, 0.3) is 11.0 Å². The zero-order valence-corrected chi connectivity index (χ0v) is 15.5. The number of nitrogens with zero attached hydrogens (tertiary/aromatic N) is 2. The second-order valence-electron chi connectivity index (χ2n) is 5.26. The third kappa shape index (κ3) is 4.12. The van der Waals surface area contributed by atoms with Crippen molar-refractivity contribution in [1.29, 1.82) is 5.41 Å². The molecule has 25 heavy (non-hydrogen) atoms. The van der Waals surface area contributed by atoms with E-state index in [-0.39, 0.29) is 19.0 Å². The molecular weight excluding hydrogens is 385 g/mol. The molecule has 3 rings (SSSR count). The highest BCUT2D eigenvalue weighted by Gasteiger charge is 2.10. The standard InChI is InChI=1S/C17H17Cl2N3O2.ClH/c18-12-5-6-16(13(19)11-12)24-10-8-22-15-4-2-1-3-14(15)21(7-9-23)17(22)20;/h1-6,11,20,23H,7-10H2;1H/p-1. The third-order valence-corrected chi connectivity index (χ3v) is 4.30. The highest BCUT2D eigenvalue weighted by molar-refractivity contribution is 6.35. The second-order valence-corrected chi connectivity index (χ2v) is 6.11. The van der Waals surface area contributed by atoms with Gasteiger partial charge in [0, 0.05) is 11.6 Å². The molecule has 1 aromatic heterocycles. The summed E-state index contributed by atoms with van der Waals surface area (Å²) in [5, 5.41) is 18.6. The molecule has 8 heteroatoms. The predicted octanol–water partition coefficient (Wildman–Crippen LogP) is 0.304. The van der Waals surface area contributed by atoms with Crippen molar-refractivity contribution in [3.8, 4) is 5.75 Å². The summed E-state index contributed by atoms with van der Waals surface area (Å²) >= 11 is 12.0. The van der Waals surface area contributed by atoms with Crippen LogP contribution in [-0.4, -0.2) is 27.5 Å². The van der Waals surface area contributed by atoms with Gasteiger partial charge in [-0.05, 0) is 30.3 Å². The molecule has 134 valence electrons. The van der Waals surface area contributed by atoms with E-state index in [4.69, 9.17) is 33.3 Å². The lowest BCUT2D eigenvalue weighted by Crippen LogP contribution is -3.00. The van der Waals surface area contributed by atoms with E-state index in [0.29, 0.717) is 41.1 Å². The Morgan fingerprint density at radius 2 is 1.64 bits per heavy atom. The topological polar surface area (TPSA) is 63.2 Å². The number of fused-ring (bicyclic) bond motifs is 1. The average molecular weight is 402 g/mol. The van der Waals surface area contributed by atoms with Gasteiger partial charge in [-0.2, -0.15) is 0 Å². The Morgan fingerprint density at radius 1 is 1.00 bits per heavy atom. The van der Waals surface area contributed by atoms with Crippen molar-refractivity contribution in [2.45, 2.75) is 13.1 Å². The van der Waals surface area contributed by atoms with Crippen molar-refractivity contribution in [2.24, 2.45) is 0 Å². The number of hydrogen-bond donors (Lipinski definition) is 2. The van der Waals surface area contributed by atoms with Crippen LogP contribution in [0.3, 0.4) is 0 Å². The molecular formula is C17H17Cl3N3O2-. The minimum absolute atomic E-state index is 0. The summed E-state index contributed by atoms with van der Waals surface area (Å²) in [7, 11) is 0. The summed E-state index contributed by atoms with van der Waals surface area (Å²) in [6.45, 7) is 1.24. The number of imidazole rings is 1. The lowest BCUT2D eigenvalue weighted by atomic mass is 10.3. The van der Waals surface area contributed by atoms with Gasteiger partial charge >= 0.3 is 0 Å². The van der Waals surface area contributed by atoms with E-state index < -0.39 is 0 Å². The number of hydrogen-bond acceptors (Lipinski definition) is 3. The normalized spacial score (nSPS) is 10.7. The molecule has 2 N–H and O–H groups in total. The molecule has 0 bridgehead atoms. The number of nitrogens with one attached hydrogen (secondary N) is 1. The molecule has 0 fully saturated rings. The zero-order valence-electron chi connectivity index (χ0n) is 13.3. The van der Waals surface area contributed by atoms with Gasteiger partial charge < -0.3 is 31.4 Å². The monoisotopic (exact) mass is 400 g/mol. The van der Waals surface area contributed by atoms with Gasteiger partial charge in [-0.15, -0.1) is 0 Å². The van der Waals surface area contributed by atoms with Crippen LogP contribution < -0.4 is 22.8 Å². The van der Waals surface area contributed by atoms with E-state index in [1.807, 2.05) is 28.8 Å². The first-order chi connectivity index (χ1) is 11.6. The van der Waals surface area contributed by atoms with E-state index in [1.54, 1.807) is 22.8 Å². The summed E-state index contributed by atoms with van der Waals surface area (Å²) in [5.74, 6) is 0.562. The van der Waals surface area contributed by atoms with E-state index >= 15 is 0 Å². The molecule has 0 aliphatic rings. The van der Waals surface area contributed by atoms with Gasteiger partial charge in [0.25, 0.3) is 0 Å². The lowest BCUT2D eigenvalue weighted by molar-refractivity contribution is -0.00000642. The predicted molar refractivity (Wildman–Crippen MR) is 94.8 cm³/mol. The summed E-state index contributed by atoms with van der Waals surface area (Å²) < 4.78 is 9.35. The molecule has 0 saturated heterocycles. The molecule has 0 radical (unpaired) electrons. The summed E-state index contributed by atoms with van der Waals surface area (Å²) in [5.41, 5.74) is 2.18. The number of aromatic nitrogens is 2. The maximum Gasteiger partial charge on any atom is 0.203 e. The molecule has 5 nitrogen and oxygen atoms in total. The van der Waals surface area contributed by atoms with Crippen LogP contribution in [0.4, 0.5) is 0 Å². The fourth-order valence-corrected chi connectivity index (χ4v) is 3.15. The SMILES string of the molecule is N=c1n(CCO)c2ccccc2n1CCOc1ccc(Cl)cc1Cl.[Cl-]. The summed E-state index contributed by atoms with van der Waals surface area (Å²) in [6, 6.07) is 12.8. The molecule has 1 heterocycles. The minimum atomic E-state index is -0.0125. The Balaban J connectivity index is 0.00000225. The number of halogens is 3. The second kappa shape index (κ2) is 8.63. The summed E-state index contributed by atoms with van der Waals surface area (Å²) in [6.07, 6.45) is 0. The van der Waals surface area contributed by atoms with Gasteiger partial charge in [0.2, 0.25) is 5.62 Å². The Kier molecular flexibility index (Phi) is 6.79. The quantitative estimate of drug-likeness (QED) is 0.624. The van der Waals surface area contributed by atoms with Crippen molar-refractivity contribution < 1.29 is 22.3 Å². The Labute approximate surface area is 161 Å². The van der Waals surface area contributed by atoms with E-state index in [0.717, 1.165) is 11.0 Å². The van der Waals surface area contributed by atoms with Crippen molar-refractivity contribution in [1.82, 2.24) is 9.13 Å². The van der Waals surface area contributed by atoms with Crippen LogP contribution >= 0.6 is 23.2 Å². The van der Waals surface area contributed by atoms with E-state index in [9.17, 15) is 5.11 Å². The third-order valence-electron chi connectivity index (χ3n) is 3.76. The molecule has 2 aromatic carbocycles. The fourth-order valence-electron chi connectivity index (χ4n) is 2.69. The molecule has 0 atom stereocenters. The number of para-hydroxylation sites is 2. The van der Waals surface area contributed by atoms with Crippen LogP contribution in [0.1, 0.15) is 0 Å². The van der Waals surface area contributed by atoms with Gasteiger partial charge in [-0.25, -0.2) is 0 Å². The molecule has 3 aromatic rings. The van der Waals surface area contributed by atoms with Gasteiger partial charge in [0.1, 0.15) is 12.4 Å². The van der Waals surface area contributed by atoms with Crippen molar-refractivity contribution in [3.05, 3.63) is 58.1 Å². The molecule has 0 aliphatic heterocycles. The highest BCUT2D eigenvalue weighted by atomic mass is 35.5. The zero-order chi connectivity index (χ0) is 17.1. The molecule has 0 aliphatic carbocycles. The van der Waals surface area contributed by atoms with Crippen LogP contribution in [0.15, 0.2) is 42.5 Å². The van der Waals surface area contributed by atoms with Crippen LogP contribution in [-0.2, 0) is 13.1 Å². The van der Waals surface area contributed by atoms with Gasteiger partial charge in [-0.3, -0.25) is 5.41 Å². The van der Waals surface area contributed by atoms with E-state index in [1.165, 1.54) is 0 Å². The lowest BCUT2D eigenvalue weighted by Gasteiger charge is -2.09. The van der Waals surface area contributed by atoms with Gasteiger partial charge in [-0.1, -0.05) is 35.3 Å². The van der Waals surface area contributed by atoms with Gasteiger partial charge in [0.15, 0.2) is 0 Å². The number of benzene rings is 2. The minimum Gasteiger partial charge on any atom is -1.00 e. The first-order valence-corrected chi connectivity index (χ1v) is 8.29. The number of aliphatic hydroxyl groups is 1. The van der Waals surface area contributed by atoms with Crippen molar-refractivity contribution in [3.63, 3.8) is 0 Å². The smallest absolute Gasteiger partial charge is 0.203 e. The Bertz CT molecular complexity index is 921. The van der Waals surface area contributed by atoms with Crippen LogP contribution in [0.2, 0.25) is 10.0 Å². The van der Waals surface area contributed by atoms with Gasteiger partial charge in [0.05, 0.1) is 29.2 Å². The Hall–Kier alpha value is -1.66. The van der Waals surface area contributed by atoms with Crippen LogP contribution in [0.5, 0.6) is 5.75 Å². The molecule has 0 spiro atoms. The first-order valence-electron chi connectivity index (χ1n) is 7.53.